The fourth-order valence-electron chi connectivity index (χ4n) is 1.26. The summed E-state index contributed by atoms with van der Waals surface area (Å²) < 4.78 is 11.7. The van der Waals surface area contributed by atoms with E-state index in [9.17, 15) is 4.21 Å². The molecule has 0 amide bonds. The summed E-state index contributed by atoms with van der Waals surface area (Å²) in [5.41, 5.74) is 1.53. The number of halogens is 1. The molecule has 0 aliphatic carbocycles. The Kier molecular flexibility index (Phi) is 5.50. The third-order valence-electron chi connectivity index (χ3n) is 1.96. The fraction of sp³-hybridized carbons (Fsp3) is 0.364. The summed E-state index contributed by atoms with van der Waals surface area (Å²) in [4.78, 5) is 0. The van der Waals surface area contributed by atoms with Gasteiger partial charge in [0.05, 0.1) is 11.6 Å². The third-order valence-corrected chi connectivity index (χ3v) is 3.29. The van der Waals surface area contributed by atoms with Gasteiger partial charge in [-0.25, -0.2) is 0 Å². The van der Waals surface area contributed by atoms with E-state index in [1.165, 1.54) is 0 Å². The maximum atomic E-state index is 10.8. The first-order valence-electron chi connectivity index (χ1n) is 4.86. The van der Waals surface area contributed by atoms with Crippen LogP contribution in [0.25, 0.3) is 0 Å². The molecule has 1 aromatic rings. The summed E-state index contributed by atoms with van der Waals surface area (Å²) in [7, 11) is -0.735. The van der Waals surface area contributed by atoms with E-state index in [4.69, 9.17) is 5.26 Å². The molecular formula is C11H13BrN2OS. The molecule has 0 bridgehead atoms. The summed E-state index contributed by atoms with van der Waals surface area (Å²) >= 11 is 3.35. The Morgan fingerprint density at radius 2 is 2.25 bits per heavy atom. The van der Waals surface area contributed by atoms with Crippen molar-refractivity contribution in [3.05, 3.63) is 28.2 Å². The SMILES string of the molecule is CS(=O)CCCNc1cc(Br)cc(C#N)c1. The summed E-state index contributed by atoms with van der Waals surface area (Å²) in [6, 6.07) is 7.59. The van der Waals surface area contributed by atoms with E-state index in [1.54, 1.807) is 18.4 Å². The third kappa shape index (κ3) is 4.77. The molecule has 0 saturated heterocycles. The minimum Gasteiger partial charge on any atom is -0.385 e. The number of anilines is 1. The topological polar surface area (TPSA) is 52.9 Å². The van der Waals surface area contributed by atoms with Crippen molar-refractivity contribution in [3.63, 3.8) is 0 Å². The predicted molar refractivity (Wildman–Crippen MR) is 70.9 cm³/mol. The largest absolute Gasteiger partial charge is 0.385 e. The van der Waals surface area contributed by atoms with Crippen LogP contribution in [0.5, 0.6) is 0 Å². The van der Waals surface area contributed by atoms with Gasteiger partial charge in [0.15, 0.2) is 0 Å². The van der Waals surface area contributed by atoms with Crippen LogP contribution >= 0.6 is 15.9 Å². The number of hydrogen-bond donors (Lipinski definition) is 1. The molecule has 1 atom stereocenters. The quantitative estimate of drug-likeness (QED) is 0.850. The first-order valence-corrected chi connectivity index (χ1v) is 7.38. The van der Waals surface area contributed by atoms with Crippen LogP contribution in [-0.2, 0) is 10.8 Å². The fourth-order valence-corrected chi connectivity index (χ4v) is 2.31. The lowest BCUT2D eigenvalue weighted by atomic mass is 10.2. The van der Waals surface area contributed by atoms with Crippen molar-refractivity contribution in [3.8, 4) is 6.07 Å². The molecule has 3 nitrogen and oxygen atoms in total. The Balaban J connectivity index is 2.51. The smallest absolute Gasteiger partial charge is 0.0992 e. The maximum absolute atomic E-state index is 10.8. The van der Waals surface area contributed by atoms with E-state index in [0.717, 1.165) is 23.1 Å². The van der Waals surface area contributed by atoms with Crippen molar-refractivity contribution in [1.82, 2.24) is 0 Å². The molecule has 16 heavy (non-hydrogen) atoms. The Morgan fingerprint density at radius 1 is 1.50 bits per heavy atom. The minimum absolute atomic E-state index is 0.621. The van der Waals surface area contributed by atoms with E-state index >= 15 is 0 Å². The first-order chi connectivity index (χ1) is 7.61. The summed E-state index contributed by atoms with van der Waals surface area (Å²) in [6.45, 7) is 0.765. The predicted octanol–water partition coefficient (Wildman–Crippen LogP) is 2.50. The van der Waals surface area contributed by atoms with Crippen LogP contribution in [-0.4, -0.2) is 22.8 Å². The number of nitriles is 1. The van der Waals surface area contributed by atoms with Crippen molar-refractivity contribution >= 4 is 32.4 Å². The second-order valence-electron chi connectivity index (χ2n) is 3.40. The van der Waals surface area contributed by atoms with E-state index < -0.39 is 10.8 Å². The molecule has 0 heterocycles. The van der Waals surface area contributed by atoms with Crippen molar-refractivity contribution in [1.29, 1.82) is 5.26 Å². The molecule has 5 heteroatoms. The van der Waals surface area contributed by atoms with Gasteiger partial charge >= 0.3 is 0 Å². The van der Waals surface area contributed by atoms with Gasteiger partial charge in [0, 0.05) is 39.5 Å². The number of benzene rings is 1. The van der Waals surface area contributed by atoms with Crippen molar-refractivity contribution in [2.45, 2.75) is 6.42 Å². The highest BCUT2D eigenvalue weighted by molar-refractivity contribution is 9.10. The molecule has 1 unspecified atom stereocenters. The van der Waals surface area contributed by atoms with Gasteiger partial charge in [-0.15, -0.1) is 0 Å². The van der Waals surface area contributed by atoms with Crippen LogP contribution in [0.2, 0.25) is 0 Å². The molecule has 1 rings (SSSR count). The lowest BCUT2D eigenvalue weighted by Crippen LogP contribution is -2.06. The highest BCUT2D eigenvalue weighted by atomic mass is 79.9. The number of nitrogens with one attached hydrogen (secondary N) is 1. The molecule has 0 aliphatic rings. The van der Waals surface area contributed by atoms with Crippen LogP contribution in [0.3, 0.4) is 0 Å². The van der Waals surface area contributed by atoms with E-state index in [2.05, 4.69) is 27.3 Å². The lowest BCUT2D eigenvalue weighted by Gasteiger charge is -2.06. The van der Waals surface area contributed by atoms with E-state index in [0.29, 0.717) is 11.3 Å². The van der Waals surface area contributed by atoms with Gasteiger partial charge in [0.25, 0.3) is 0 Å². The summed E-state index contributed by atoms with van der Waals surface area (Å²) in [6.07, 6.45) is 2.56. The number of rotatable bonds is 5. The lowest BCUT2D eigenvalue weighted by molar-refractivity contribution is 0.685. The first kappa shape index (κ1) is 13.2. The zero-order valence-electron chi connectivity index (χ0n) is 9.00. The zero-order chi connectivity index (χ0) is 12.0. The molecule has 1 N–H and O–H groups in total. The van der Waals surface area contributed by atoms with Gasteiger partial charge < -0.3 is 5.32 Å². The minimum atomic E-state index is -0.735. The van der Waals surface area contributed by atoms with Gasteiger partial charge in [-0.05, 0) is 24.6 Å². The average Bonchev–Trinajstić information content (AvgIpc) is 2.23. The Labute approximate surface area is 106 Å². The summed E-state index contributed by atoms with van der Waals surface area (Å²) in [5.74, 6) is 0.701. The van der Waals surface area contributed by atoms with Crippen LogP contribution in [0.1, 0.15) is 12.0 Å². The monoisotopic (exact) mass is 300 g/mol. The molecule has 0 radical (unpaired) electrons. The summed E-state index contributed by atoms with van der Waals surface area (Å²) in [5, 5.41) is 12.0. The van der Waals surface area contributed by atoms with Crippen LogP contribution < -0.4 is 5.32 Å². The van der Waals surface area contributed by atoms with Crippen molar-refractivity contribution < 1.29 is 4.21 Å². The molecular weight excluding hydrogens is 288 g/mol. The molecule has 1 aromatic carbocycles. The van der Waals surface area contributed by atoms with Crippen molar-refractivity contribution in [2.24, 2.45) is 0 Å². The maximum Gasteiger partial charge on any atom is 0.0992 e. The number of nitrogens with zero attached hydrogens (tertiary/aromatic N) is 1. The normalized spacial score (nSPS) is 11.8. The number of hydrogen-bond acceptors (Lipinski definition) is 3. The van der Waals surface area contributed by atoms with Gasteiger partial charge in [-0.1, -0.05) is 15.9 Å². The van der Waals surface area contributed by atoms with Gasteiger partial charge in [-0.2, -0.15) is 5.26 Å². The standard InChI is InChI=1S/C11H13BrN2OS/c1-16(15)4-2-3-14-11-6-9(8-13)5-10(12)7-11/h5-7,14H,2-4H2,1H3. The van der Waals surface area contributed by atoms with Gasteiger partial charge in [0.1, 0.15) is 0 Å². The van der Waals surface area contributed by atoms with Crippen LogP contribution in [0.4, 0.5) is 5.69 Å². The van der Waals surface area contributed by atoms with E-state index in [1.807, 2.05) is 6.07 Å². The van der Waals surface area contributed by atoms with Crippen LogP contribution in [0, 0.1) is 11.3 Å². The molecule has 0 fully saturated rings. The Morgan fingerprint density at radius 3 is 2.88 bits per heavy atom. The average molecular weight is 301 g/mol. The second kappa shape index (κ2) is 6.66. The highest BCUT2D eigenvalue weighted by Gasteiger charge is 1.98. The molecule has 0 aromatic heterocycles. The molecule has 0 aliphatic heterocycles. The van der Waals surface area contributed by atoms with Crippen molar-refractivity contribution in [2.75, 3.05) is 23.9 Å². The Hall–Kier alpha value is -0.860. The second-order valence-corrected chi connectivity index (χ2v) is 5.87. The van der Waals surface area contributed by atoms with E-state index in [-0.39, 0.29) is 0 Å². The Bertz CT molecular complexity index is 428. The van der Waals surface area contributed by atoms with Gasteiger partial charge in [0.2, 0.25) is 0 Å². The molecule has 0 spiro atoms. The van der Waals surface area contributed by atoms with Gasteiger partial charge in [-0.3, -0.25) is 4.21 Å². The zero-order valence-corrected chi connectivity index (χ0v) is 11.4. The molecule has 0 saturated carbocycles. The highest BCUT2D eigenvalue weighted by Crippen LogP contribution is 2.19. The molecule has 86 valence electrons. The van der Waals surface area contributed by atoms with Crippen LogP contribution in [0.15, 0.2) is 22.7 Å².